The SMILES string of the molecule is N=C1/C(=C(/O)c2ccccc2)C(c2ccc([N+](=O)[O-])cc2)C2=C(CCCC2=O)N1c1ccccc1. The van der Waals surface area contributed by atoms with E-state index < -0.39 is 10.8 Å². The number of nitrogens with one attached hydrogen (secondary N) is 1. The van der Waals surface area contributed by atoms with Crippen molar-refractivity contribution >= 4 is 28.8 Å². The van der Waals surface area contributed by atoms with E-state index in [1.165, 1.54) is 12.1 Å². The number of nitro groups is 1. The van der Waals surface area contributed by atoms with Gasteiger partial charge in [0.05, 0.1) is 4.92 Å². The number of para-hydroxylation sites is 1. The maximum Gasteiger partial charge on any atom is 0.269 e. The van der Waals surface area contributed by atoms with Crippen LogP contribution in [-0.2, 0) is 4.79 Å². The van der Waals surface area contributed by atoms with Crippen LogP contribution in [0.5, 0.6) is 0 Å². The lowest BCUT2D eigenvalue weighted by atomic mass is 9.73. The number of non-ortho nitro benzene ring substituents is 1. The largest absolute Gasteiger partial charge is 0.507 e. The van der Waals surface area contributed by atoms with E-state index in [1.807, 2.05) is 36.4 Å². The molecule has 1 heterocycles. The number of hydrogen-bond donors (Lipinski definition) is 2. The molecule has 0 saturated carbocycles. The van der Waals surface area contributed by atoms with Gasteiger partial charge in [0.2, 0.25) is 0 Å². The molecule has 7 nitrogen and oxygen atoms in total. The second-order valence-electron chi connectivity index (χ2n) is 8.57. The van der Waals surface area contributed by atoms with E-state index in [9.17, 15) is 25.4 Å². The summed E-state index contributed by atoms with van der Waals surface area (Å²) in [6.07, 6.45) is 1.66. The quantitative estimate of drug-likeness (QED) is 0.273. The third kappa shape index (κ3) is 3.91. The summed E-state index contributed by atoms with van der Waals surface area (Å²) >= 11 is 0. The number of hydrogen-bond acceptors (Lipinski definition) is 5. The molecule has 0 fully saturated rings. The minimum Gasteiger partial charge on any atom is -0.507 e. The molecule has 35 heavy (non-hydrogen) atoms. The van der Waals surface area contributed by atoms with Crippen molar-refractivity contribution in [1.29, 1.82) is 5.41 Å². The molecule has 2 N–H and O–H groups in total. The van der Waals surface area contributed by atoms with E-state index in [2.05, 4.69) is 0 Å². The number of aliphatic hydroxyl groups excluding tert-OH is 1. The van der Waals surface area contributed by atoms with Gasteiger partial charge in [-0.25, -0.2) is 0 Å². The standard InChI is InChI=1S/C28H23N3O4/c29-28-26(27(33)19-8-3-1-4-9-19)24(18-14-16-21(17-15-18)31(34)35)25-22(12-7-13-23(25)32)30(28)20-10-5-2-6-11-20/h1-6,8-11,14-17,24,29,33H,7,12-13H2/b27-26+,29-28?. The number of benzene rings is 3. The second-order valence-corrected chi connectivity index (χ2v) is 8.57. The third-order valence-electron chi connectivity index (χ3n) is 6.51. The molecule has 0 radical (unpaired) electrons. The highest BCUT2D eigenvalue weighted by Crippen LogP contribution is 2.48. The fourth-order valence-corrected chi connectivity index (χ4v) is 4.93. The molecule has 0 aromatic heterocycles. The molecule has 1 atom stereocenters. The Morgan fingerprint density at radius 3 is 2.20 bits per heavy atom. The number of anilines is 1. The number of ketones is 1. The molecule has 1 unspecified atom stereocenters. The van der Waals surface area contributed by atoms with Gasteiger partial charge in [-0.3, -0.25) is 25.2 Å². The van der Waals surface area contributed by atoms with E-state index in [4.69, 9.17) is 0 Å². The Morgan fingerprint density at radius 2 is 1.57 bits per heavy atom. The van der Waals surface area contributed by atoms with E-state index >= 15 is 0 Å². The van der Waals surface area contributed by atoms with Crippen molar-refractivity contribution in [3.8, 4) is 0 Å². The molecule has 1 aliphatic carbocycles. The fraction of sp³-hybridized carbons (Fsp3) is 0.143. The second kappa shape index (κ2) is 9.02. The molecule has 2 aliphatic rings. The summed E-state index contributed by atoms with van der Waals surface area (Å²) in [5.41, 5.74) is 3.39. The average molecular weight is 466 g/mol. The summed E-state index contributed by atoms with van der Waals surface area (Å²) in [6.45, 7) is 0. The number of nitrogens with zero attached hydrogens (tertiary/aromatic N) is 2. The minimum absolute atomic E-state index is 0.0404. The first-order valence-electron chi connectivity index (χ1n) is 11.4. The number of aliphatic hydroxyl groups is 1. The van der Waals surface area contributed by atoms with Gasteiger partial charge >= 0.3 is 0 Å². The van der Waals surface area contributed by atoms with Crippen LogP contribution in [0.15, 0.2) is 102 Å². The third-order valence-corrected chi connectivity index (χ3v) is 6.51. The first-order valence-corrected chi connectivity index (χ1v) is 11.4. The van der Waals surface area contributed by atoms with Crippen LogP contribution in [0.25, 0.3) is 5.76 Å². The molecular formula is C28H23N3O4. The zero-order chi connectivity index (χ0) is 24.5. The summed E-state index contributed by atoms with van der Waals surface area (Å²) in [5.74, 6) is -0.771. The van der Waals surface area contributed by atoms with Crippen molar-refractivity contribution in [2.75, 3.05) is 4.90 Å². The summed E-state index contributed by atoms with van der Waals surface area (Å²) < 4.78 is 0. The van der Waals surface area contributed by atoms with Crippen molar-refractivity contribution in [3.63, 3.8) is 0 Å². The van der Waals surface area contributed by atoms with E-state index in [-0.39, 0.29) is 23.1 Å². The molecule has 0 bridgehead atoms. The van der Waals surface area contributed by atoms with Gasteiger partial charge < -0.3 is 5.11 Å². The first-order chi connectivity index (χ1) is 17.0. The lowest BCUT2D eigenvalue weighted by molar-refractivity contribution is -0.384. The van der Waals surface area contributed by atoms with Crippen molar-refractivity contribution in [2.24, 2.45) is 0 Å². The monoisotopic (exact) mass is 465 g/mol. The van der Waals surface area contributed by atoms with Gasteiger partial charge in [-0.05, 0) is 30.5 Å². The van der Waals surface area contributed by atoms with Gasteiger partial charge in [0, 0.05) is 52.6 Å². The molecule has 0 saturated heterocycles. The lowest BCUT2D eigenvalue weighted by Crippen LogP contribution is -2.42. The average Bonchev–Trinajstić information content (AvgIpc) is 2.89. The normalized spacial score (nSPS) is 19.4. The van der Waals surface area contributed by atoms with Gasteiger partial charge in [0.15, 0.2) is 5.78 Å². The summed E-state index contributed by atoms with van der Waals surface area (Å²) in [5, 5.41) is 32.0. The van der Waals surface area contributed by atoms with Crippen molar-refractivity contribution in [3.05, 3.63) is 123 Å². The summed E-state index contributed by atoms with van der Waals surface area (Å²) in [6, 6.07) is 24.3. The number of carbonyl (C=O) groups excluding carboxylic acids is 1. The predicted molar refractivity (Wildman–Crippen MR) is 134 cm³/mol. The molecule has 3 aromatic carbocycles. The fourth-order valence-electron chi connectivity index (χ4n) is 4.93. The van der Waals surface area contributed by atoms with Crippen LogP contribution in [-0.4, -0.2) is 21.6 Å². The Kier molecular flexibility index (Phi) is 5.74. The van der Waals surface area contributed by atoms with Crippen LogP contribution < -0.4 is 4.90 Å². The zero-order valence-corrected chi connectivity index (χ0v) is 18.8. The first kappa shape index (κ1) is 22.3. The number of nitro benzene ring substituents is 1. The summed E-state index contributed by atoms with van der Waals surface area (Å²) in [7, 11) is 0. The maximum atomic E-state index is 13.4. The van der Waals surface area contributed by atoms with Crippen LogP contribution in [0.2, 0.25) is 0 Å². The van der Waals surface area contributed by atoms with Gasteiger partial charge in [-0.2, -0.15) is 0 Å². The van der Waals surface area contributed by atoms with Gasteiger partial charge in [0.25, 0.3) is 5.69 Å². The topological polar surface area (TPSA) is 108 Å². The number of carbonyl (C=O) groups is 1. The van der Waals surface area contributed by atoms with Gasteiger partial charge in [-0.1, -0.05) is 60.7 Å². The Morgan fingerprint density at radius 1 is 0.943 bits per heavy atom. The van der Waals surface area contributed by atoms with Crippen LogP contribution in [0.1, 0.15) is 36.3 Å². The molecule has 0 spiro atoms. The zero-order valence-electron chi connectivity index (χ0n) is 18.8. The number of amidine groups is 1. The van der Waals surface area contributed by atoms with Crippen LogP contribution in [0.3, 0.4) is 0 Å². The highest BCUT2D eigenvalue weighted by Gasteiger charge is 2.43. The summed E-state index contributed by atoms with van der Waals surface area (Å²) in [4.78, 5) is 25.9. The molecule has 3 aromatic rings. The predicted octanol–water partition coefficient (Wildman–Crippen LogP) is 6.15. The molecule has 0 amide bonds. The number of rotatable bonds is 4. The Balaban J connectivity index is 1.81. The van der Waals surface area contributed by atoms with Crippen LogP contribution >= 0.6 is 0 Å². The van der Waals surface area contributed by atoms with Crippen molar-refractivity contribution in [1.82, 2.24) is 0 Å². The van der Waals surface area contributed by atoms with E-state index in [0.29, 0.717) is 41.5 Å². The molecule has 5 rings (SSSR count). The van der Waals surface area contributed by atoms with Crippen molar-refractivity contribution in [2.45, 2.75) is 25.2 Å². The minimum atomic E-state index is -0.716. The highest BCUT2D eigenvalue weighted by molar-refractivity contribution is 6.19. The Hall–Kier alpha value is -4.52. The van der Waals surface area contributed by atoms with Gasteiger partial charge in [0.1, 0.15) is 11.6 Å². The van der Waals surface area contributed by atoms with Gasteiger partial charge in [-0.15, -0.1) is 0 Å². The highest BCUT2D eigenvalue weighted by atomic mass is 16.6. The number of allylic oxidation sites excluding steroid dienone is 2. The number of Topliss-reactive ketones (excluding diaryl/α,β-unsaturated/α-hetero) is 1. The lowest BCUT2D eigenvalue weighted by Gasteiger charge is -2.41. The molecule has 174 valence electrons. The molecular weight excluding hydrogens is 442 g/mol. The molecule has 7 heteroatoms. The van der Waals surface area contributed by atoms with E-state index in [0.717, 1.165) is 11.4 Å². The van der Waals surface area contributed by atoms with Crippen molar-refractivity contribution < 1.29 is 14.8 Å². The van der Waals surface area contributed by atoms with Crippen LogP contribution in [0.4, 0.5) is 11.4 Å². The maximum absolute atomic E-state index is 13.4. The molecule has 1 aliphatic heterocycles. The van der Waals surface area contributed by atoms with Crippen LogP contribution in [0, 0.1) is 15.5 Å². The Bertz CT molecular complexity index is 1380. The smallest absolute Gasteiger partial charge is 0.269 e. The van der Waals surface area contributed by atoms with E-state index in [1.54, 1.807) is 41.3 Å². The Labute approximate surface area is 202 Å².